The number of piperidine rings is 1. The fraction of sp³-hybridized carbons (Fsp3) is 0.471. The minimum atomic E-state index is -0.259. The quantitative estimate of drug-likeness (QED) is 0.770. The summed E-state index contributed by atoms with van der Waals surface area (Å²) < 4.78 is 13.0. The number of halogens is 1. The second-order valence-electron chi connectivity index (χ2n) is 6.50. The third kappa shape index (κ3) is 4.46. The van der Waals surface area contributed by atoms with Gasteiger partial charge in [-0.3, -0.25) is 4.79 Å². The van der Waals surface area contributed by atoms with E-state index in [1.807, 2.05) is 11.8 Å². The second-order valence-corrected chi connectivity index (χ2v) is 6.50. The Morgan fingerprint density at radius 2 is 2.08 bits per heavy atom. The van der Waals surface area contributed by atoms with Crippen LogP contribution in [-0.2, 0) is 4.79 Å². The van der Waals surface area contributed by atoms with Crippen LogP contribution in [0.5, 0.6) is 0 Å². The standard InChI is InChI=1S/C17H23FN6O/c1-11(12-2-4-13(18)5-3-12)10-15(25)24-8-6-14(7-9-24)20-17-21-16(19)22-23-17/h2-5,11,14H,6-10H2,1H3,(H4,19,20,21,22,23). The molecule has 134 valence electrons. The van der Waals surface area contributed by atoms with E-state index in [4.69, 9.17) is 5.73 Å². The summed E-state index contributed by atoms with van der Waals surface area (Å²) in [6.45, 7) is 3.40. The Hall–Kier alpha value is -2.64. The number of aromatic amines is 1. The SMILES string of the molecule is CC(CC(=O)N1CCC(Nc2n[nH]c(N)n2)CC1)c1ccc(F)cc1. The molecule has 8 heteroatoms. The number of nitrogens with one attached hydrogen (secondary N) is 2. The van der Waals surface area contributed by atoms with Crippen LogP contribution in [0.25, 0.3) is 0 Å². The third-order valence-electron chi connectivity index (χ3n) is 4.60. The number of carbonyl (C=O) groups is 1. The number of anilines is 2. The van der Waals surface area contributed by atoms with Crippen molar-refractivity contribution in [2.24, 2.45) is 0 Å². The maximum atomic E-state index is 13.0. The van der Waals surface area contributed by atoms with Crippen molar-refractivity contribution in [1.82, 2.24) is 20.1 Å². The number of aromatic nitrogens is 3. The van der Waals surface area contributed by atoms with E-state index in [0.717, 1.165) is 18.4 Å². The number of carbonyl (C=O) groups excluding carboxylic acids is 1. The number of benzene rings is 1. The number of rotatable bonds is 5. The summed E-state index contributed by atoms with van der Waals surface area (Å²) in [6, 6.07) is 6.58. The van der Waals surface area contributed by atoms with Gasteiger partial charge in [0.2, 0.25) is 17.8 Å². The Bertz CT molecular complexity index is 708. The lowest BCUT2D eigenvalue weighted by Gasteiger charge is -2.32. The van der Waals surface area contributed by atoms with E-state index in [1.165, 1.54) is 12.1 Å². The summed E-state index contributed by atoms with van der Waals surface area (Å²) in [6.07, 6.45) is 2.11. The number of nitrogen functional groups attached to an aromatic ring is 1. The Morgan fingerprint density at radius 3 is 2.68 bits per heavy atom. The van der Waals surface area contributed by atoms with Crippen molar-refractivity contribution in [2.75, 3.05) is 24.1 Å². The summed E-state index contributed by atoms with van der Waals surface area (Å²) in [5.41, 5.74) is 6.49. The normalized spacial score (nSPS) is 16.6. The van der Waals surface area contributed by atoms with Gasteiger partial charge in [0.15, 0.2) is 0 Å². The van der Waals surface area contributed by atoms with Crippen LogP contribution in [-0.4, -0.2) is 45.1 Å². The molecule has 1 aromatic heterocycles. The topological polar surface area (TPSA) is 99.9 Å². The first kappa shape index (κ1) is 17.2. The summed E-state index contributed by atoms with van der Waals surface area (Å²) in [5.74, 6) is 0.722. The molecule has 3 rings (SSSR count). The van der Waals surface area contributed by atoms with Crippen LogP contribution in [0.15, 0.2) is 24.3 Å². The van der Waals surface area contributed by atoms with Gasteiger partial charge in [-0.1, -0.05) is 19.1 Å². The number of hydrogen-bond donors (Lipinski definition) is 3. The van der Waals surface area contributed by atoms with Gasteiger partial charge in [0.05, 0.1) is 0 Å². The van der Waals surface area contributed by atoms with Crippen LogP contribution < -0.4 is 11.1 Å². The molecular weight excluding hydrogens is 323 g/mol. The highest BCUT2D eigenvalue weighted by Gasteiger charge is 2.24. The van der Waals surface area contributed by atoms with Crippen molar-refractivity contribution < 1.29 is 9.18 Å². The molecule has 0 saturated carbocycles. The molecule has 0 spiro atoms. The first-order chi connectivity index (χ1) is 12.0. The lowest BCUT2D eigenvalue weighted by Crippen LogP contribution is -2.42. The Labute approximate surface area is 145 Å². The molecule has 1 aliphatic rings. The van der Waals surface area contributed by atoms with Gasteiger partial charge < -0.3 is 16.0 Å². The van der Waals surface area contributed by atoms with E-state index in [2.05, 4.69) is 20.5 Å². The molecule has 1 saturated heterocycles. The smallest absolute Gasteiger partial charge is 0.243 e. The summed E-state index contributed by atoms with van der Waals surface area (Å²) in [4.78, 5) is 18.4. The van der Waals surface area contributed by atoms with E-state index in [0.29, 0.717) is 25.5 Å². The molecule has 0 bridgehead atoms. The summed E-state index contributed by atoms with van der Waals surface area (Å²) in [5, 5.41) is 9.78. The minimum Gasteiger partial charge on any atom is -0.368 e. The highest BCUT2D eigenvalue weighted by Crippen LogP contribution is 2.22. The Balaban J connectivity index is 1.47. The molecule has 1 aromatic carbocycles. The zero-order valence-corrected chi connectivity index (χ0v) is 14.2. The third-order valence-corrected chi connectivity index (χ3v) is 4.60. The van der Waals surface area contributed by atoms with Crippen molar-refractivity contribution in [2.45, 2.75) is 38.1 Å². The van der Waals surface area contributed by atoms with Gasteiger partial charge in [-0.05, 0) is 36.5 Å². The maximum absolute atomic E-state index is 13.0. The molecule has 4 N–H and O–H groups in total. The lowest BCUT2D eigenvalue weighted by atomic mass is 9.96. The fourth-order valence-corrected chi connectivity index (χ4v) is 3.09. The van der Waals surface area contributed by atoms with E-state index in [9.17, 15) is 9.18 Å². The van der Waals surface area contributed by atoms with Gasteiger partial charge in [0.1, 0.15) is 5.82 Å². The maximum Gasteiger partial charge on any atom is 0.243 e. The molecule has 0 aliphatic carbocycles. The van der Waals surface area contributed by atoms with E-state index in [-0.39, 0.29) is 29.6 Å². The highest BCUT2D eigenvalue weighted by molar-refractivity contribution is 5.77. The molecule has 2 aromatic rings. The van der Waals surface area contributed by atoms with Crippen molar-refractivity contribution >= 4 is 17.8 Å². The van der Waals surface area contributed by atoms with E-state index < -0.39 is 0 Å². The summed E-state index contributed by atoms with van der Waals surface area (Å²) >= 11 is 0. The van der Waals surface area contributed by atoms with E-state index in [1.54, 1.807) is 12.1 Å². The second kappa shape index (κ2) is 7.50. The fourth-order valence-electron chi connectivity index (χ4n) is 3.09. The molecule has 1 fully saturated rings. The molecule has 1 aliphatic heterocycles. The predicted molar refractivity (Wildman–Crippen MR) is 93.5 cm³/mol. The number of nitrogens with zero attached hydrogens (tertiary/aromatic N) is 3. The van der Waals surface area contributed by atoms with Crippen LogP contribution in [0.2, 0.25) is 0 Å². The van der Waals surface area contributed by atoms with Gasteiger partial charge in [-0.2, -0.15) is 4.98 Å². The van der Waals surface area contributed by atoms with Crippen LogP contribution in [0.1, 0.15) is 37.7 Å². The Morgan fingerprint density at radius 1 is 1.40 bits per heavy atom. The minimum absolute atomic E-state index is 0.0696. The molecule has 0 radical (unpaired) electrons. The molecule has 1 atom stereocenters. The monoisotopic (exact) mass is 346 g/mol. The van der Waals surface area contributed by atoms with Crippen LogP contribution in [0.3, 0.4) is 0 Å². The molecule has 25 heavy (non-hydrogen) atoms. The number of likely N-dealkylation sites (tertiary alicyclic amines) is 1. The number of amides is 1. The van der Waals surface area contributed by atoms with Gasteiger partial charge in [-0.15, -0.1) is 5.10 Å². The van der Waals surface area contributed by atoms with Crippen LogP contribution in [0, 0.1) is 5.82 Å². The first-order valence-corrected chi connectivity index (χ1v) is 8.49. The molecule has 7 nitrogen and oxygen atoms in total. The number of nitrogens with two attached hydrogens (primary N) is 1. The van der Waals surface area contributed by atoms with Crippen molar-refractivity contribution in [3.63, 3.8) is 0 Å². The van der Waals surface area contributed by atoms with Crippen LogP contribution in [0.4, 0.5) is 16.3 Å². The molecule has 1 amide bonds. The van der Waals surface area contributed by atoms with Crippen molar-refractivity contribution in [1.29, 1.82) is 0 Å². The average Bonchev–Trinajstić information content (AvgIpc) is 3.01. The van der Waals surface area contributed by atoms with Crippen molar-refractivity contribution in [3.05, 3.63) is 35.6 Å². The molecular formula is C17H23FN6O. The largest absolute Gasteiger partial charge is 0.368 e. The van der Waals surface area contributed by atoms with Gasteiger partial charge in [-0.25, -0.2) is 9.49 Å². The highest BCUT2D eigenvalue weighted by atomic mass is 19.1. The first-order valence-electron chi connectivity index (χ1n) is 8.49. The van der Waals surface area contributed by atoms with Gasteiger partial charge in [0, 0.05) is 25.6 Å². The molecule has 1 unspecified atom stereocenters. The lowest BCUT2D eigenvalue weighted by molar-refractivity contribution is -0.132. The Kier molecular flexibility index (Phi) is 5.16. The number of hydrogen-bond acceptors (Lipinski definition) is 5. The van der Waals surface area contributed by atoms with Gasteiger partial charge in [0.25, 0.3) is 0 Å². The van der Waals surface area contributed by atoms with Crippen molar-refractivity contribution in [3.8, 4) is 0 Å². The van der Waals surface area contributed by atoms with E-state index >= 15 is 0 Å². The summed E-state index contributed by atoms with van der Waals surface area (Å²) in [7, 11) is 0. The zero-order valence-electron chi connectivity index (χ0n) is 14.2. The van der Waals surface area contributed by atoms with Gasteiger partial charge >= 0.3 is 0 Å². The predicted octanol–water partition coefficient (Wildman–Crippen LogP) is 2.12. The number of H-pyrrole nitrogens is 1. The zero-order chi connectivity index (χ0) is 17.8. The molecule has 2 heterocycles. The average molecular weight is 346 g/mol. The van der Waals surface area contributed by atoms with Crippen LogP contribution >= 0.6 is 0 Å².